The first-order valence-electron chi connectivity index (χ1n) is 5.45. The van der Waals surface area contributed by atoms with Crippen molar-refractivity contribution in [3.8, 4) is 6.07 Å². The maximum atomic E-state index is 8.55. The predicted octanol–water partition coefficient (Wildman–Crippen LogP) is 1.65. The third-order valence-corrected chi connectivity index (χ3v) is 2.96. The molecule has 0 aromatic rings. The van der Waals surface area contributed by atoms with Crippen molar-refractivity contribution in [2.75, 3.05) is 33.4 Å². The quantitative estimate of drug-likeness (QED) is 0.495. The molecule has 1 fully saturated rings. The van der Waals surface area contributed by atoms with Gasteiger partial charge in [-0.25, -0.2) is 0 Å². The highest BCUT2D eigenvalue weighted by Crippen LogP contribution is 2.21. The smallest absolute Gasteiger partial charge is 0.0865 e. The topological polar surface area (TPSA) is 36.3 Å². The molecule has 80 valence electrons. The largest absolute Gasteiger partial charge is 0.385 e. The van der Waals surface area contributed by atoms with Crippen molar-refractivity contribution in [2.45, 2.75) is 25.7 Å². The van der Waals surface area contributed by atoms with Crippen molar-refractivity contribution in [3.63, 3.8) is 0 Å². The summed E-state index contributed by atoms with van der Waals surface area (Å²) in [6.45, 7) is 3.69. The Labute approximate surface area is 86.6 Å². The Morgan fingerprint density at radius 3 is 2.71 bits per heavy atom. The van der Waals surface area contributed by atoms with Crippen LogP contribution in [0.5, 0.6) is 0 Å². The number of ether oxygens (including phenoxy) is 1. The van der Waals surface area contributed by atoms with Crippen LogP contribution in [0.4, 0.5) is 0 Å². The highest BCUT2D eigenvalue weighted by atomic mass is 16.5. The molecule has 1 rings (SSSR count). The summed E-state index contributed by atoms with van der Waals surface area (Å²) in [6, 6.07) is 2.21. The van der Waals surface area contributed by atoms with Gasteiger partial charge in [-0.2, -0.15) is 5.26 Å². The molecular formula is C11H20N2O. The van der Waals surface area contributed by atoms with Gasteiger partial charge >= 0.3 is 0 Å². The number of piperidine rings is 1. The van der Waals surface area contributed by atoms with Gasteiger partial charge in [0.15, 0.2) is 0 Å². The second-order valence-corrected chi connectivity index (χ2v) is 4.01. The van der Waals surface area contributed by atoms with Crippen molar-refractivity contribution in [2.24, 2.45) is 5.92 Å². The van der Waals surface area contributed by atoms with Crippen molar-refractivity contribution in [1.82, 2.24) is 4.90 Å². The summed E-state index contributed by atoms with van der Waals surface area (Å²) in [5, 5.41) is 8.55. The molecule has 0 unspecified atom stereocenters. The van der Waals surface area contributed by atoms with E-state index in [2.05, 4.69) is 11.0 Å². The zero-order valence-electron chi connectivity index (χ0n) is 9.04. The van der Waals surface area contributed by atoms with Crippen LogP contribution in [0.2, 0.25) is 0 Å². The van der Waals surface area contributed by atoms with Crippen molar-refractivity contribution in [3.05, 3.63) is 0 Å². The second-order valence-electron chi connectivity index (χ2n) is 4.01. The Balaban J connectivity index is 2.07. The maximum Gasteiger partial charge on any atom is 0.0865 e. The van der Waals surface area contributed by atoms with Crippen LogP contribution in [0.3, 0.4) is 0 Å². The van der Waals surface area contributed by atoms with Crippen LogP contribution in [-0.2, 0) is 4.74 Å². The van der Waals surface area contributed by atoms with Crippen LogP contribution in [0.1, 0.15) is 25.7 Å². The number of hydrogen-bond acceptors (Lipinski definition) is 3. The molecule has 14 heavy (non-hydrogen) atoms. The van der Waals surface area contributed by atoms with Crippen LogP contribution < -0.4 is 0 Å². The molecule has 0 aromatic carbocycles. The Morgan fingerprint density at radius 2 is 2.14 bits per heavy atom. The minimum atomic E-state index is 0.602. The van der Waals surface area contributed by atoms with E-state index in [4.69, 9.17) is 10.00 Å². The lowest BCUT2D eigenvalue weighted by Gasteiger charge is -2.30. The molecule has 0 amide bonds. The second kappa shape index (κ2) is 6.80. The molecule has 0 bridgehead atoms. The Bertz CT molecular complexity index is 180. The van der Waals surface area contributed by atoms with Gasteiger partial charge < -0.3 is 4.74 Å². The minimum Gasteiger partial charge on any atom is -0.385 e. The molecule has 1 heterocycles. The van der Waals surface area contributed by atoms with E-state index in [1.807, 2.05) is 0 Å². The maximum absolute atomic E-state index is 8.55. The van der Waals surface area contributed by atoms with Crippen LogP contribution >= 0.6 is 0 Å². The standard InChI is InChI=1S/C11H20N2O/c1-14-10-2-3-11-4-7-13(8-5-11)9-6-12/h11H,2-5,7-10H2,1H3. The van der Waals surface area contributed by atoms with Gasteiger partial charge in [0, 0.05) is 13.7 Å². The molecule has 1 saturated heterocycles. The highest BCUT2D eigenvalue weighted by Gasteiger charge is 2.17. The highest BCUT2D eigenvalue weighted by molar-refractivity contribution is 4.80. The van der Waals surface area contributed by atoms with Crippen LogP contribution in [0.15, 0.2) is 0 Å². The fraction of sp³-hybridized carbons (Fsp3) is 0.909. The summed E-state index contributed by atoms with van der Waals surface area (Å²) in [4.78, 5) is 2.24. The van der Waals surface area contributed by atoms with E-state index in [0.717, 1.165) is 25.6 Å². The molecule has 1 aliphatic rings. The molecule has 0 aromatic heterocycles. The first kappa shape index (κ1) is 11.5. The molecule has 0 radical (unpaired) electrons. The van der Waals surface area contributed by atoms with Gasteiger partial charge in [-0.15, -0.1) is 0 Å². The molecule has 0 N–H and O–H groups in total. The van der Waals surface area contributed by atoms with E-state index in [0.29, 0.717) is 6.54 Å². The Hall–Kier alpha value is -0.590. The third-order valence-electron chi connectivity index (χ3n) is 2.96. The number of rotatable bonds is 5. The van der Waals surface area contributed by atoms with Gasteiger partial charge in [-0.1, -0.05) is 0 Å². The molecule has 1 aliphatic heterocycles. The lowest BCUT2D eigenvalue weighted by Crippen LogP contribution is -2.33. The van der Waals surface area contributed by atoms with Crippen molar-refractivity contribution < 1.29 is 4.74 Å². The van der Waals surface area contributed by atoms with Gasteiger partial charge in [0.2, 0.25) is 0 Å². The monoisotopic (exact) mass is 196 g/mol. The Kier molecular flexibility index (Phi) is 5.58. The van der Waals surface area contributed by atoms with E-state index >= 15 is 0 Å². The third kappa shape index (κ3) is 4.08. The van der Waals surface area contributed by atoms with Crippen LogP contribution in [0, 0.1) is 17.2 Å². The molecular weight excluding hydrogens is 176 g/mol. The molecule has 0 saturated carbocycles. The fourth-order valence-corrected chi connectivity index (χ4v) is 2.05. The average molecular weight is 196 g/mol. The normalized spacial score (nSPS) is 19.4. The summed E-state index contributed by atoms with van der Waals surface area (Å²) in [7, 11) is 1.76. The predicted molar refractivity (Wildman–Crippen MR) is 55.9 cm³/mol. The average Bonchev–Trinajstić information content (AvgIpc) is 2.21. The van der Waals surface area contributed by atoms with Gasteiger partial charge in [-0.05, 0) is 44.7 Å². The van der Waals surface area contributed by atoms with Crippen LogP contribution in [0.25, 0.3) is 0 Å². The minimum absolute atomic E-state index is 0.602. The van der Waals surface area contributed by atoms with E-state index in [1.165, 1.54) is 25.7 Å². The first-order valence-corrected chi connectivity index (χ1v) is 5.45. The molecule has 3 nitrogen and oxygen atoms in total. The van der Waals surface area contributed by atoms with Crippen molar-refractivity contribution >= 4 is 0 Å². The lowest BCUT2D eigenvalue weighted by molar-refractivity contribution is 0.163. The SMILES string of the molecule is COCCCC1CCN(CC#N)CC1. The summed E-state index contributed by atoms with van der Waals surface area (Å²) in [5.74, 6) is 0.861. The lowest BCUT2D eigenvalue weighted by atomic mass is 9.92. The first-order chi connectivity index (χ1) is 6.86. The number of nitrogens with zero attached hydrogens (tertiary/aromatic N) is 2. The molecule has 3 heteroatoms. The number of nitriles is 1. The number of hydrogen-bond donors (Lipinski definition) is 0. The summed E-state index contributed by atoms with van der Waals surface area (Å²) >= 11 is 0. The number of likely N-dealkylation sites (tertiary alicyclic amines) is 1. The van der Waals surface area contributed by atoms with E-state index < -0.39 is 0 Å². The van der Waals surface area contributed by atoms with E-state index in [1.54, 1.807) is 7.11 Å². The van der Waals surface area contributed by atoms with Gasteiger partial charge in [-0.3, -0.25) is 4.90 Å². The Morgan fingerprint density at radius 1 is 1.43 bits per heavy atom. The van der Waals surface area contributed by atoms with Crippen molar-refractivity contribution in [1.29, 1.82) is 5.26 Å². The van der Waals surface area contributed by atoms with E-state index in [9.17, 15) is 0 Å². The van der Waals surface area contributed by atoms with Gasteiger partial charge in [0.1, 0.15) is 0 Å². The van der Waals surface area contributed by atoms with E-state index in [-0.39, 0.29) is 0 Å². The van der Waals surface area contributed by atoms with Crippen LogP contribution in [-0.4, -0.2) is 38.3 Å². The van der Waals surface area contributed by atoms with Gasteiger partial charge in [0.05, 0.1) is 12.6 Å². The molecule has 0 atom stereocenters. The fourth-order valence-electron chi connectivity index (χ4n) is 2.05. The molecule has 0 spiro atoms. The van der Waals surface area contributed by atoms with Gasteiger partial charge in [0.25, 0.3) is 0 Å². The number of methoxy groups -OCH3 is 1. The molecule has 0 aliphatic carbocycles. The summed E-state index contributed by atoms with van der Waals surface area (Å²) in [5.41, 5.74) is 0. The zero-order chi connectivity index (χ0) is 10.2. The summed E-state index contributed by atoms with van der Waals surface area (Å²) < 4.78 is 5.04. The zero-order valence-corrected chi connectivity index (χ0v) is 9.04. The summed E-state index contributed by atoms with van der Waals surface area (Å²) in [6.07, 6.45) is 4.98.